The van der Waals surface area contributed by atoms with Crippen LogP contribution in [0.25, 0.3) is 0 Å². The molecule has 0 radical (unpaired) electrons. The second kappa shape index (κ2) is 7.92. The zero-order valence-electron chi connectivity index (χ0n) is 14.9. The van der Waals surface area contributed by atoms with Crippen LogP contribution in [0.3, 0.4) is 0 Å². The zero-order chi connectivity index (χ0) is 17.2. The summed E-state index contributed by atoms with van der Waals surface area (Å²) in [7, 11) is 4.45. The molecule has 0 amide bonds. The van der Waals surface area contributed by atoms with E-state index in [4.69, 9.17) is 23.2 Å². The van der Waals surface area contributed by atoms with Crippen LogP contribution in [0.15, 0.2) is 18.2 Å². The second-order valence-corrected chi connectivity index (χ2v) is 8.48. The normalized spacial score (nSPS) is 21.4. The van der Waals surface area contributed by atoms with Crippen molar-refractivity contribution in [2.24, 2.45) is 0 Å². The van der Waals surface area contributed by atoms with Crippen LogP contribution in [0.5, 0.6) is 0 Å². The van der Waals surface area contributed by atoms with Gasteiger partial charge in [-0.1, -0.05) is 29.3 Å². The Labute approximate surface area is 156 Å². The van der Waals surface area contributed by atoms with Crippen molar-refractivity contribution >= 4 is 23.2 Å². The minimum atomic E-state index is 0.254. The van der Waals surface area contributed by atoms with E-state index >= 15 is 0 Å². The van der Waals surface area contributed by atoms with Crippen LogP contribution in [0.4, 0.5) is 0 Å². The first-order valence-corrected chi connectivity index (χ1v) is 9.79. The monoisotopic (exact) mass is 369 g/mol. The molecule has 5 heteroatoms. The van der Waals surface area contributed by atoms with Gasteiger partial charge in [-0.25, -0.2) is 0 Å². The van der Waals surface area contributed by atoms with Gasteiger partial charge in [0.05, 0.1) is 0 Å². The Morgan fingerprint density at radius 3 is 2.46 bits per heavy atom. The summed E-state index contributed by atoms with van der Waals surface area (Å²) in [6.07, 6.45) is 3.71. The van der Waals surface area contributed by atoms with Crippen molar-refractivity contribution in [1.29, 1.82) is 0 Å². The highest BCUT2D eigenvalue weighted by Gasteiger charge is 2.46. The molecule has 24 heavy (non-hydrogen) atoms. The first-order chi connectivity index (χ1) is 11.5. The molecule has 0 aromatic heterocycles. The van der Waals surface area contributed by atoms with Gasteiger partial charge in [0, 0.05) is 48.2 Å². The van der Waals surface area contributed by atoms with Crippen molar-refractivity contribution in [2.75, 3.05) is 59.9 Å². The molecule has 0 N–H and O–H groups in total. The van der Waals surface area contributed by atoms with Crippen molar-refractivity contribution in [3.8, 4) is 0 Å². The fourth-order valence-corrected chi connectivity index (χ4v) is 4.42. The molecular weight excluding hydrogens is 341 g/mol. The maximum Gasteiger partial charge on any atom is 0.0458 e. The summed E-state index contributed by atoms with van der Waals surface area (Å²) in [5.41, 5.74) is 1.53. The van der Waals surface area contributed by atoms with Crippen LogP contribution in [-0.4, -0.2) is 74.6 Å². The Bertz CT molecular complexity index is 552. The molecule has 1 aliphatic carbocycles. The Kier molecular flexibility index (Phi) is 6.10. The highest BCUT2D eigenvalue weighted by Crippen LogP contribution is 2.51. The largest absolute Gasteiger partial charge is 0.305 e. The molecule has 1 saturated heterocycles. The summed E-state index contributed by atoms with van der Waals surface area (Å²) in [4.78, 5) is 7.49. The van der Waals surface area contributed by atoms with E-state index in [9.17, 15) is 0 Å². The summed E-state index contributed by atoms with van der Waals surface area (Å²) < 4.78 is 0. The molecule has 2 aliphatic rings. The first kappa shape index (κ1) is 18.5. The van der Waals surface area contributed by atoms with E-state index in [2.05, 4.69) is 34.9 Å². The van der Waals surface area contributed by atoms with Gasteiger partial charge in [0.2, 0.25) is 0 Å². The van der Waals surface area contributed by atoms with Crippen molar-refractivity contribution in [2.45, 2.75) is 24.7 Å². The molecule has 2 fully saturated rings. The Balaban J connectivity index is 1.45. The highest BCUT2D eigenvalue weighted by atomic mass is 35.5. The molecule has 0 unspecified atom stereocenters. The number of nitrogens with zero attached hydrogens (tertiary/aromatic N) is 3. The molecule has 134 valence electrons. The van der Waals surface area contributed by atoms with Crippen molar-refractivity contribution in [3.63, 3.8) is 0 Å². The second-order valence-electron chi connectivity index (χ2n) is 7.64. The van der Waals surface area contributed by atoms with Gasteiger partial charge in [-0.3, -0.25) is 0 Å². The average molecular weight is 370 g/mol. The first-order valence-electron chi connectivity index (χ1n) is 9.03. The Morgan fingerprint density at radius 1 is 1.12 bits per heavy atom. The van der Waals surface area contributed by atoms with E-state index in [1.54, 1.807) is 0 Å². The van der Waals surface area contributed by atoms with Crippen LogP contribution in [0, 0.1) is 0 Å². The molecule has 1 aliphatic heterocycles. The highest BCUT2D eigenvalue weighted by molar-refractivity contribution is 6.35. The maximum absolute atomic E-state index is 6.44. The van der Waals surface area contributed by atoms with E-state index < -0.39 is 0 Å². The zero-order valence-corrected chi connectivity index (χ0v) is 16.4. The number of halogens is 2. The lowest BCUT2D eigenvalue weighted by Gasteiger charge is -2.33. The summed E-state index contributed by atoms with van der Waals surface area (Å²) in [6.45, 7) is 8.29. The minimum Gasteiger partial charge on any atom is -0.305 e. The predicted molar refractivity (Wildman–Crippen MR) is 103 cm³/mol. The van der Waals surface area contributed by atoms with Gasteiger partial charge in [-0.2, -0.15) is 0 Å². The van der Waals surface area contributed by atoms with Gasteiger partial charge < -0.3 is 14.7 Å². The van der Waals surface area contributed by atoms with E-state index in [0.29, 0.717) is 0 Å². The summed E-state index contributed by atoms with van der Waals surface area (Å²) >= 11 is 12.5. The fraction of sp³-hybridized carbons (Fsp3) is 0.684. The van der Waals surface area contributed by atoms with Crippen LogP contribution in [0.2, 0.25) is 10.0 Å². The quantitative estimate of drug-likeness (QED) is 0.726. The SMILES string of the molecule is CN1CCN(CCCN(C)CC2(c3ccc(Cl)cc3Cl)CC2)CC1. The number of rotatable bonds is 7. The lowest BCUT2D eigenvalue weighted by Crippen LogP contribution is -2.45. The number of hydrogen-bond acceptors (Lipinski definition) is 3. The molecule has 3 rings (SSSR count). The Morgan fingerprint density at radius 2 is 1.83 bits per heavy atom. The predicted octanol–water partition coefficient (Wildman–Crippen LogP) is 3.59. The smallest absolute Gasteiger partial charge is 0.0458 e. The third-order valence-electron chi connectivity index (χ3n) is 5.54. The Hall–Kier alpha value is -0.320. The van der Waals surface area contributed by atoms with Gasteiger partial charge in [-0.05, 0) is 64.1 Å². The summed E-state index contributed by atoms with van der Waals surface area (Å²) in [5, 5.41) is 1.55. The van der Waals surface area contributed by atoms with E-state index in [0.717, 1.165) is 23.1 Å². The van der Waals surface area contributed by atoms with Crippen molar-refractivity contribution < 1.29 is 0 Å². The fourth-order valence-electron chi connectivity index (χ4n) is 3.81. The molecule has 1 aromatic carbocycles. The van der Waals surface area contributed by atoms with E-state index in [1.165, 1.54) is 57.5 Å². The van der Waals surface area contributed by atoms with Gasteiger partial charge in [-0.15, -0.1) is 0 Å². The van der Waals surface area contributed by atoms with Gasteiger partial charge in [0.15, 0.2) is 0 Å². The molecule has 0 spiro atoms. The molecule has 1 aromatic rings. The van der Waals surface area contributed by atoms with Crippen LogP contribution < -0.4 is 0 Å². The molecule has 0 atom stereocenters. The van der Waals surface area contributed by atoms with Gasteiger partial charge in [0.1, 0.15) is 0 Å². The number of benzene rings is 1. The van der Waals surface area contributed by atoms with E-state index in [-0.39, 0.29) is 5.41 Å². The number of piperazine rings is 1. The molecule has 0 bridgehead atoms. The van der Waals surface area contributed by atoms with Crippen molar-refractivity contribution in [3.05, 3.63) is 33.8 Å². The topological polar surface area (TPSA) is 9.72 Å². The third-order valence-corrected chi connectivity index (χ3v) is 6.09. The summed E-state index contributed by atoms with van der Waals surface area (Å²) in [5.74, 6) is 0. The lowest BCUT2D eigenvalue weighted by atomic mass is 9.95. The van der Waals surface area contributed by atoms with Crippen LogP contribution >= 0.6 is 23.2 Å². The van der Waals surface area contributed by atoms with Gasteiger partial charge >= 0.3 is 0 Å². The summed E-state index contributed by atoms with van der Waals surface area (Å²) in [6, 6.07) is 5.97. The number of hydrogen-bond donors (Lipinski definition) is 0. The standard InChI is InChI=1S/C19H29Cl2N3/c1-22-10-12-24(13-11-22)9-3-8-23(2)15-19(6-7-19)17-5-4-16(20)14-18(17)21/h4-5,14H,3,6-13,15H2,1-2H3. The average Bonchev–Trinajstić information content (AvgIpc) is 3.29. The maximum atomic E-state index is 6.44. The van der Waals surface area contributed by atoms with E-state index in [1.807, 2.05) is 12.1 Å². The molecule has 1 heterocycles. The lowest BCUT2D eigenvalue weighted by molar-refractivity contribution is 0.147. The molecule has 3 nitrogen and oxygen atoms in total. The third kappa shape index (κ3) is 4.64. The van der Waals surface area contributed by atoms with Crippen LogP contribution in [-0.2, 0) is 5.41 Å². The van der Waals surface area contributed by atoms with Crippen molar-refractivity contribution in [1.82, 2.24) is 14.7 Å². The number of likely N-dealkylation sites (N-methyl/N-ethyl adjacent to an activating group) is 2. The molecular formula is C19H29Cl2N3. The minimum absolute atomic E-state index is 0.254. The van der Waals surface area contributed by atoms with Crippen LogP contribution in [0.1, 0.15) is 24.8 Å². The molecule has 1 saturated carbocycles. The van der Waals surface area contributed by atoms with Gasteiger partial charge in [0.25, 0.3) is 0 Å².